The number of aryl methyl sites for hydroxylation is 1. The molecule has 3 rings (SSSR count). The lowest BCUT2D eigenvalue weighted by molar-refractivity contribution is -0.136. The second-order valence-electron chi connectivity index (χ2n) is 5.23. The maximum atomic E-state index is 12.1. The fourth-order valence-corrected chi connectivity index (χ4v) is 2.88. The number of hydrogen-bond acceptors (Lipinski definition) is 4. The molecule has 1 heterocycles. The molecule has 128 valence electrons. The quantitative estimate of drug-likeness (QED) is 0.432. The van der Waals surface area contributed by atoms with E-state index in [0.717, 1.165) is 5.69 Å². The summed E-state index contributed by atoms with van der Waals surface area (Å²) in [5, 5.41) is 1.87. The molecule has 0 aliphatic carbocycles. The van der Waals surface area contributed by atoms with E-state index in [1.807, 2.05) is 13.0 Å². The zero-order valence-corrected chi connectivity index (χ0v) is 15.3. The summed E-state index contributed by atoms with van der Waals surface area (Å²) < 4.78 is 10.7. The number of carbonyl (C=O) groups is 1. The lowest BCUT2D eigenvalue weighted by Gasteiger charge is -2.11. The monoisotopic (exact) mass is 395 g/mol. The predicted octanol–water partition coefficient (Wildman–Crippen LogP) is 5.49. The van der Waals surface area contributed by atoms with Crippen LogP contribution in [0.25, 0.3) is 10.9 Å². The molecule has 2 aromatic carbocycles. The first-order valence-corrected chi connectivity index (χ1v) is 8.42. The Morgan fingerprint density at radius 2 is 1.76 bits per heavy atom. The number of aromatic nitrogens is 1. The van der Waals surface area contributed by atoms with Crippen molar-refractivity contribution in [2.24, 2.45) is 0 Å². The topological polar surface area (TPSA) is 48.4 Å². The van der Waals surface area contributed by atoms with Crippen molar-refractivity contribution in [3.8, 4) is 11.5 Å². The van der Waals surface area contributed by atoms with Crippen LogP contribution in [0.2, 0.25) is 15.1 Å². The van der Waals surface area contributed by atoms with E-state index in [0.29, 0.717) is 26.7 Å². The van der Waals surface area contributed by atoms with Crippen LogP contribution in [0, 0.1) is 6.92 Å². The smallest absolute Gasteiger partial charge is 0.349 e. The summed E-state index contributed by atoms with van der Waals surface area (Å²) in [6.45, 7) is 1.54. The predicted molar refractivity (Wildman–Crippen MR) is 99.1 cm³/mol. The molecule has 0 radical (unpaired) electrons. The van der Waals surface area contributed by atoms with Crippen LogP contribution in [-0.2, 0) is 4.79 Å². The molecule has 0 bridgehead atoms. The Labute approximate surface area is 159 Å². The van der Waals surface area contributed by atoms with Crippen molar-refractivity contribution < 1.29 is 14.3 Å². The Morgan fingerprint density at radius 3 is 2.48 bits per heavy atom. The van der Waals surface area contributed by atoms with Gasteiger partial charge in [0, 0.05) is 16.1 Å². The van der Waals surface area contributed by atoms with Crippen molar-refractivity contribution in [2.75, 3.05) is 6.61 Å². The molecule has 0 aliphatic rings. The highest BCUT2D eigenvalue weighted by Gasteiger charge is 2.17. The molecule has 1 aromatic heterocycles. The Bertz CT molecular complexity index is 942. The van der Waals surface area contributed by atoms with E-state index in [-0.39, 0.29) is 17.4 Å². The Kier molecular flexibility index (Phi) is 5.33. The van der Waals surface area contributed by atoms with E-state index >= 15 is 0 Å². The zero-order valence-electron chi connectivity index (χ0n) is 13.1. The van der Waals surface area contributed by atoms with Gasteiger partial charge in [0.1, 0.15) is 11.3 Å². The van der Waals surface area contributed by atoms with E-state index in [1.54, 1.807) is 30.3 Å². The first-order chi connectivity index (χ1) is 11.9. The van der Waals surface area contributed by atoms with E-state index in [1.165, 1.54) is 6.07 Å². The summed E-state index contributed by atoms with van der Waals surface area (Å²) in [5.41, 5.74) is 1.18. The minimum absolute atomic E-state index is 0.162. The molecule has 0 atom stereocenters. The number of pyridine rings is 1. The van der Waals surface area contributed by atoms with Gasteiger partial charge in [0.15, 0.2) is 12.4 Å². The van der Waals surface area contributed by atoms with Gasteiger partial charge in [-0.25, -0.2) is 9.78 Å². The largest absolute Gasteiger partial charge is 0.482 e. The van der Waals surface area contributed by atoms with Gasteiger partial charge in [0.2, 0.25) is 0 Å². The summed E-state index contributed by atoms with van der Waals surface area (Å²) in [7, 11) is 0. The highest BCUT2D eigenvalue weighted by atomic mass is 35.5. The van der Waals surface area contributed by atoms with Crippen LogP contribution < -0.4 is 9.47 Å². The Hall–Kier alpha value is -2.01. The summed E-state index contributed by atoms with van der Waals surface area (Å²) in [4.78, 5) is 16.5. The standard InChI is InChI=1S/C18H12Cl3NO3/c1-10-2-7-13-14(20)8-15(21)18(17(13)22-10)25-16(23)9-24-12-5-3-11(19)4-6-12/h2-8H,9H2,1H3. The fourth-order valence-electron chi connectivity index (χ4n) is 2.20. The SMILES string of the molecule is Cc1ccc2c(Cl)cc(Cl)c(OC(=O)COc3ccc(Cl)cc3)c2n1. The fraction of sp³-hybridized carbons (Fsp3) is 0.111. The van der Waals surface area contributed by atoms with E-state index in [2.05, 4.69) is 4.98 Å². The van der Waals surface area contributed by atoms with Gasteiger partial charge < -0.3 is 9.47 Å². The second kappa shape index (κ2) is 7.48. The van der Waals surface area contributed by atoms with Crippen LogP contribution in [0.5, 0.6) is 11.5 Å². The van der Waals surface area contributed by atoms with E-state index < -0.39 is 5.97 Å². The molecule has 0 fully saturated rings. The summed E-state index contributed by atoms with van der Waals surface area (Å²) >= 11 is 18.2. The maximum Gasteiger partial charge on any atom is 0.349 e. The third-order valence-corrected chi connectivity index (χ3v) is 4.21. The molecule has 7 heteroatoms. The van der Waals surface area contributed by atoms with Crippen molar-refractivity contribution in [3.63, 3.8) is 0 Å². The number of ether oxygens (including phenoxy) is 2. The third-order valence-electron chi connectivity index (χ3n) is 3.36. The number of esters is 1. The van der Waals surface area contributed by atoms with Crippen molar-refractivity contribution in [1.29, 1.82) is 0 Å². The minimum Gasteiger partial charge on any atom is -0.482 e. The molecular weight excluding hydrogens is 385 g/mol. The van der Waals surface area contributed by atoms with Gasteiger partial charge in [-0.05, 0) is 49.4 Å². The highest BCUT2D eigenvalue weighted by Crippen LogP contribution is 2.37. The van der Waals surface area contributed by atoms with Crippen molar-refractivity contribution in [1.82, 2.24) is 4.98 Å². The van der Waals surface area contributed by atoms with Crippen molar-refractivity contribution in [2.45, 2.75) is 6.92 Å². The van der Waals surface area contributed by atoms with Gasteiger partial charge in [0.05, 0.1) is 10.0 Å². The Balaban J connectivity index is 1.81. The van der Waals surface area contributed by atoms with Crippen LogP contribution in [0.15, 0.2) is 42.5 Å². The van der Waals surface area contributed by atoms with Gasteiger partial charge >= 0.3 is 5.97 Å². The van der Waals surface area contributed by atoms with Gasteiger partial charge in [-0.1, -0.05) is 34.8 Å². The van der Waals surface area contributed by atoms with Crippen LogP contribution >= 0.6 is 34.8 Å². The zero-order chi connectivity index (χ0) is 18.0. The molecule has 0 N–H and O–H groups in total. The number of nitrogens with zero attached hydrogens (tertiary/aromatic N) is 1. The lowest BCUT2D eigenvalue weighted by Crippen LogP contribution is -2.18. The molecule has 0 saturated heterocycles. The number of fused-ring (bicyclic) bond motifs is 1. The van der Waals surface area contributed by atoms with Gasteiger partial charge in [-0.2, -0.15) is 0 Å². The summed E-state index contributed by atoms with van der Waals surface area (Å²) in [6, 6.07) is 11.8. The molecule has 4 nitrogen and oxygen atoms in total. The second-order valence-corrected chi connectivity index (χ2v) is 6.49. The Morgan fingerprint density at radius 1 is 1.04 bits per heavy atom. The number of halogens is 3. The van der Waals surface area contributed by atoms with E-state index in [9.17, 15) is 4.79 Å². The molecule has 0 saturated carbocycles. The normalized spacial score (nSPS) is 10.7. The molecular formula is C18H12Cl3NO3. The minimum atomic E-state index is -0.608. The summed E-state index contributed by atoms with van der Waals surface area (Å²) in [5.74, 6) is 0.0561. The average Bonchev–Trinajstić information content (AvgIpc) is 2.58. The number of carbonyl (C=O) groups excluding carboxylic acids is 1. The number of rotatable bonds is 4. The first-order valence-electron chi connectivity index (χ1n) is 7.28. The van der Waals surface area contributed by atoms with Crippen LogP contribution in [0.1, 0.15) is 5.69 Å². The van der Waals surface area contributed by atoms with Crippen LogP contribution in [0.3, 0.4) is 0 Å². The average molecular weight is 397 g/mol. The lowest BCUT2D eigenvalue weighted by atomic mass is 10.2. The van der Waals surface area contributed by atoms with Gasteiger partial charge in [-0.3, -0.25) is 0 Å². The molecule has 3 aromatic rings. The highest BCUT2D eigenvalue weighted by molar-refractivity contribution is 6.39. The number of hydrogen-bond donors (Lipinski definition) is 0. The van der Waals surface area contributed by atoms with Crippen LogP contribution in [0.4, 0.5) is 0 Å². The summed E-state index contributed by atoms with van der Waals surface area (Å²) in [6.07, 6.45) is 0. The van der Waals surface area contributed by atoms with Crippen molar-refractivity contribution in [3.05, 3.63) is 63.2 Å². The van der Waals surface area contributed by atoms with Crippen molar-refractivity contribution >= 4 is 51.7 Å². The molecule has 0 unspecified atom stereocenters. The van der Waals surface area contributed by atoms with Crippen LogP contribution in [-0.4, -0.2) is 17.6 Å². The molecule has 25 heavy (non-hydrogen) atoms. The van der Waals surface area contributed by atoms with Gasteiger partial charge in [0.25, 0.3) is 0 Å². The number of benzene rings is 2. The molecule has 0 amide bonds. The third kappa shape index (κ3) is 4.15. The molecule has 0 aliphatic heterocycles. The first kappa shape index (κ1) is 17.8. The molecule has 0 spiro atoms. The maximum absolute atomic E-state index is 12.1. The van der Waals surface area contributed by atoms with Gasteiger partial charge in [-0.15, -0.1) is 0 Å². The van der Waals surface area contributed by atoms with E-state index in [4.69, 9.17) is 44.3 Å².